The number of nitrogens with zero attached hydrogens (tertiary/aromatic N) is 1. The van der Waals surface area contributed by atoms with E-state index in [4.69, 9.17) is 14.2 Å². The van der Waals surface area contributed by atoms with Crippen LogP contribution in [0.25, 0.3) is 0 Å². The first-order chi connectivity index (χ1) is 11.3. The van der Waals surface area contributed by atoms with Gasteiger partial charge in [0.15, 0.2) is 0 Å². The highest BCUT2D eigenvalue weighted by Gasteiger charge is 2.30. The zero-order valence-corrected chi connectivity index (χ0v) is 13.3. The molecule has 4 heteroatoms. The minimum absolute atomic E-state index is 0.372. The van der Waals surface area contributed by atoms with E-state index in [0.29, 0.717) is 12.2 Å². The van der Waals surface area contributed by atoms with E-state index in [1.54, 1.807) is 0 Å². The van der Waals surface area contributed by atoms with Crippen LogP contribution in [0, 0.1) is 6.92 Å². The van der Waals surface area contributed by atoms with Gasteiger partial charge in [0.2, 0.25) is 0 Å². The second-order valence-electron chi connectivity index (χ2n) is 6.23. The molecule has 2 heterocycles. The van der Waals surface area contributed by atoms with Crippen molar-refractivity contribution in [2.45, 2.75) is 19.1 Å². The summed E-state index contributed by atoms with van der Waals surface area (Å²) in [7, 11) is 0. The van der Waals surface area contributed by atoms with Gasteiger partial charge in [0, 0.05) is 18.8 Å². The lowest BCUT2D eigenvalue weighted by molar-refractivity contribution is 0.389. The van der Waals surface area contributed by atoms with E-state index < -0.39 is 0 Å². The van der Waals surface area contributed by atoms with Crippen LogP contribution in [0.5, 0.6) is 11.5 Å². The van der Waals surface area contributed by atoms with Crippen molar-refractivity contribution in [3.63, 3.8) is 0 Å². The van der Waals surface area contributed by atoms with E-state index in [9.17, 15) is 0 Å². The van der Waals surface area contributed by atoms with Crippen LogP contribution in [0.2, 0.25) is 0 Å². The van der Waals surface area contributed by atoms with Crippen molar-refractivity contribution in [2.24, 2.45) is 0 Å². The number of ether oxygens (including phenoxy) is 3. The molecule has 0 aliphatic carbocycles. The average molecular weight is 311 g/mol. The maximum Gasteiger partial charge on any atom is 0.127 e. The van der Waals surface area contributed by atoms with Crippen molar-refractivity contribution < 1.29 is 14.2 Å². The Bertz CT molecular complexity index is 649. The number of epoxide rings is 2. The summed E-state index contributed by atoms with van der Waals surface area (Å²) in [5.74, 6) is 1.72. The molecule has 2 unspecified atom stereocenters. The molecule has 2 fully saturated rings. The van der Waals surface area contributed by atoms with Crippen molar-refractivity contribution in [2.75, 3.05) is 31.2 Å². The van der Waals surface area contributed by atoms with Crippen LogP contribution in [-0.2, 0) is 9.47 Å². The number of benzene rings is 2. The minimum Gasteiger partial charge on any atom is -0.457 e. The summed E-state index contributed by atoms with van der Waals surface area (Å²) in [6.45, 7) is 5.66. The lowest BCUT2D eigenvalue weighted by Crippen LogP contribution is -2.31. The van der Waals surface area contributed by atoms with Crippen molar-refractivity contribution in [3.05, 3.63) is 54.1 Å². The van der Waals surface area contributed by atoms with Gasteiger partial charge in [-0.15, -0.1) is 0 Å². The fourth-order valence-corrected chi connectivity index (χ4v) is 2.66. The van der Waals surface area contributed by atoms with Crippen LogP contribution < -0.4 is 9.64 Å². The van der Waals surface area contributed by atoms with Gasteiger partial charge in [0.25, 0.3) is 0 Å². The highest BCUT2D eigenvalue weighted by Crippen LogP contribution is 2.27. The summed E-state index contributed by atoms with van der Waals surface area (Å²) >= 11 is 0. The first kappa shape index (κ1) is 14.5. The van der Waals surface area contributed by atoms with Gasteiger partial charge in [-0.1, -0.05) is 12.1 Å². The largest absolute Gasteiger partial charge is 0.457 e. The van der Waals surface area contributed by atoms with Crippen molar-refractivity contribution >= 4 is 5.69 Å². The summed E-state index contributed by atoms with van der Waals surface area (Å²) in [6, 6.07) is 16.3. The minimum atomic E-state index is 0.372. The predicted octanol–water partition coefficient (Wildman–Crippen LogP) is 3.39. The number of rotatable bonds is 7. The molecule has 2 saturated heterocycles. The summed E-state index contributed by atoms with van der Waals surface area (Å²) in [5.41, 5.74) is 2.38. The molecule has 4 nitrogen and oxygen atoms in total. The molecule has 4 rings (SSSR count). The van der Waals surface area contributed by atoms with Gasteiger partial charge in [-0.2, -0.15) is 0 Å². The number of anilines is 1. The predicted molar refractivity (Wildman–Crippen MR) is 89.4 cm³/mol. The van der Waals surface area contributed by atoms with E-state index in [1.807, 2.05) is 30.3 Å². The van der Waals surface area contributed by atoms with E-state index >= 15 is 0 Å². The second-order valence-corrected chi connectivity index (χ2v) is 6.23. The quantitative estimate of drug-likeness (QED) is 0.735. The highest BCUT2D eigenvalue weighted by atomic mass is 16.6. The Balaban J connectivity index is 1.44. The Kier molecular flexibility index (Phi) is 3.93. The van der Waals surface area contributed by atoms with Gasteiger partial charge in [-0.25, -0.2) is 0 Å². The molecule has 0 saturated carbocycles. The van der Waals surface area contributed by atoms with Crippen LogP contribution >= 0.6 is 0 Å². The van der Waals surface area contributed by atoms with E-state index in [2.05, 4.69) is 30.0 Å². The van der Waals surface area contributed by atoms with Gasteiger partial charge in [-0.05, 0) is 48.9 Å². The second kappa shape index (κ2) is 6.22. The third-order valence-electron chi connectivity index (χ3n) is 4.08. The number of hydrogen-bond donors (Lipinski definition) is 0. The first-order valence-electron chi connectivity index (χ1n) is 8.09. The zero-order valence-electron chi connectivity index (χ0n) is 13.3. The lowest BCUT2D eigenvalue weighted by Gasteiger charge is -2.23. The van der Waals surface area contributed by atoms with Gasteiger partial charge >= 0.3 is 0 Å². The third kappa shape index (κ3) is 4.03. The standard InChI is InChI=1S/C19H21NO3/c1-14-3-2-4-17(9-14)23-16-7-5-15(6-8-16)20(10-18-12-21-18)11-19-13-22-19/h2-9,18-19H,10-13H2,1H3. The Hall–Kier alpha value is -2.04. The fourth-order valence-electron chi connectivity index (χ4n) is 2.66. The number of hydrogen-bond acceptors (Lipinski definition) is 4. The Labute approximate surface area is 136 Å². The van der Waals surface area contributed by atoms with Crippen LogP contribution in [0.3, 0.4) is 0 Å². The van der Waals surface area contributed by atoms with Crippen LogP contribution in [0.1, 0.15) is 5.56 Å². The molecule has 0 radical (unpaired) electrons. The summed E-state index contributed by atoms with van der Waals surface area (Å²) < 4.78 is 16.7. The topological polar surface area (TPSA) is 37.5 Å². The van der Waals surface area contributed by atoms with Crippen molar-refractivity contribution in [1.82, 2.24) is 0 Å². The maximum absolute atomic E-state index is 5.91. The average Bonchev–Trinajstić information content (AvgIpc) is 3.43. The molecule has 120 valence electrons. The summed E-state index contributed by atoms with van der Waals surface area (Å²) in [6.07, 6.45) is 0.744. The Morgan fingerprint density at radius 2 is 1.61 bits per heavy atom. The molecule has 2 aromatic carbocycles. The molecule has 23 heavy (non-hydrogen) atoms. The molecule has 2 aliphatic rings. The monoisotopic (exact) mass is 311 g/mol. The van der Waals surface area contributed by atoms with Crippen LogP contribution in [-0.4, -0.2) is 38.5 Å². The fraction of sp³-hybridized carbons (Fsp3) is 0.368. The molecule has 2 aliphatic heterocycles. The normalized spacial score (nSPS) is 21.8. The molecule has 0 aromatic heterocycles. The Morgan fingerprint density at radius 3 is 2.17 bits per heavy atom. The van der Waals surface area contributed by atoms with E-state index in [-0.39, 0.29) is 0 Å². The van der Waals surface area contributed by atoms with Crippen molar-refractivity contribution in [3.8, 4) is 11.5 Å². The molecule has 0 spiro atoms. The van der Waals surface area contributed by atoms with E-state index in [1.165, 1.54) is 11.3 Å². The zero-order chi connectivity index (χ0) is 15.6. The van der Waals surface area contributed by atoms with Gasteiger partial charge < -0.3 is 19.1 Å². The number of aryl methyl sites for hydroxylation is 1. The molecule has 2 aromatic rings. The van der Waals surface area contributed by atoms with Crippen LogP contribution in [0.4, 0.5) is 5.69 Å². The molecule has 0 bridgehead atoms. The Morgan fingerprint density at radius 1 is 0.957 bits per heavy atom. The SMILES string of the molecule is Cc1cccc(Oc2ccc(N(CC3CO3)CC3CO3)cc2)c1. The summed E-state index contributed by atoms with van der Waals surface area (Å²) in [5, 5.41) is 0. The first-order valence-corrected chi connectivity index (χ1v) is 8.09. The molecule has 0 N–H and O–H groups in total. The molecular weight excluding hydrogens is 290 g/mol. The highest BCUT2D eigenvalue weighted by molar-refractivity contribution is 5.50. The third-order valence-corrected chi connectivity index (χ3v) is 4.08. The van der Waals surface area contributed by atoms with Gasteiger partial charge in [0.05, 0.1) is 25.4 Å². The molecule has 0 amide bonds. The van der Waals surface area contributed by atoms with E-state index in [0.717, 1.165) is 37.8 Å². The van der Waals surface area contributed by atoms with Gasteiger partial charge in [0.1, 0.15) is 11.5 Å². The molecule has 2 atom stereocenters. The smallest absolute Gasteiger partial charge is 0.127 e. The molecular formula is C19H21NO3. The van der Waals surface area contributed by atoms with Crippen molar-refractivity contribution in [1.29, 1.82) is 0 Å². The maximum atomic E-state index is 5.91. The summed E-state index contributed by atoms with van der Waals surface area (Å²) in [4.78, 5) is 2.34. The van der Waals surface area contributed by atoms with Crippen LogP contribution in [0.15, 0.2) is 48.5 Å². The van der Waals surface area contributed by atoms with Gasteiger partial charge in [-0.3, -0.25) is 0 Å². The lowest BCUT2D eigenvalue weighted by atomic mass is 10.2.